The first-order chi connectivity index (χ1) is 8.17. The number of hydrogen-bond acceptors (Lipinski definition) is 4. The lowest BCUT2D eigenvalue weighted by Gasteiger charge is -1.95. The highest BCUT2D eigenvalue weighted by molar-refractivity contribution is 5.79. The molecule has 17 heavy (non-hydrogen) atoms. The lowest BCUT2D eigenvalue weighted by molar-refractivity contribution is 0.162. The van der Waals surface area contributed by atoms with Crippen molar-refractivity contribution in [2.75, 3.05) is 18.9 Å². The molecule has 0 spiro atoms. The summed E-state index contributed by atoms with van der Waals surface area (Å²) < 4.78 is 9.74. The van der Waals surface area contributed by atoms with E-state index < -0.39 is 0 Å². The van der Waals surface area contributed by atoms with E-state index in [4.69, 9.17) is 14.9 Å². The number of nitrogen functional groups attached to an aromatic ring is 1. The molecule has 0 saturated carbocycles. The Bertz CT molecular complexity index is 517. The molecular weight excluding hydrogens is 218 g/mol. The Labute approximate surface area is 100.0 Å². The standard InChI is InChI=1S/C9H7NO2.C4H10O/c10-7-3-1-6-2-4-9(11)12-8(6)5-7;1-3-5-4-2/h1-5H,10H2;3-4H2,1-2H3. The first kappa shape index (κ1) is 13.3. The van der Waals surface area contributed by atoms with Gasteiger partial charge < -0.3 is 14.9 Å². The summed E-state index contributed by atoms with van der Waals surface area (Å²) in [5, 5.41) is 0.879. The molecule has 0 atom stereocenters. The minimum Gasteiger partial charge on any atom is -0.423 e. The van der Waals surface area contributed by atoms with Gasteiger partial charge in [0.15, 0.2) is 0 Å². The highest BCUT2D eigenvalue weighted by Gasteiger charge is 1.95. The first-order valence-corrected chi connectivity index (χ1v) is 5.54. The molecule has 0 saturated heterocycles. The number of rotatable bonds is 2. The maximum absolute atomic E-state index is 10.8. The van der Waals surface area contributed by atoms with E-state index in [1.165, 1.54) is 6.07 Å². The minimum absolute atomic E-state index is 0.354. The summed E-state index contributed by atoms with van der Waals surface area (Å²) in [5.41, 5.74) is 6.28. The molecule has 0 fully saturated rings. The van der Waals surface area contributed by atoms with Crippen molar-refractivity contribution in [2.45, 2.75) is 13.8 Å². The maximum Gasteiger partial charge on any atom is 0.336 e. The summed E-state index contributed by atoms with van der Waals surface area (Å²) >= 11 is 0. The Balaban J connectivity index is 0.000000249. The van der Waals surface area contributed by atoms with Gasteiger partial charge in [-0.25, -0.2) is 4.79 Å². The van der Waals surface area contributed by atoms with Gasteiger partial charge >= 0.3 is 5.63 Å². The lowest BCUT2D eigenvalue weighted by atomic mass is 10.2. The second-order valence-corrected chi connectivity index (χ2v) is 3.33. The van der Waals surface area contributed by atoms with Crippen molar-refractivity contribution in [1.29, 1.82) is 0 Å². The van der Waals surface area contributed by atoms with Crippen molar-refractivity contribution < 1.29 is 9.15 Å². The van der Waals surface area contributed by atoms with Crippen LogP contribution in [0.4, 0.5) is 5.69 Å². The zero-order valence-corrected chi connectivity index (χ0v) is 10.1. The van der Waals surface area contributed by atoms with Gasteiger partial charge in [0.1, 0.15) is 5.58 Å². The van der Waals surface area contributed by atoms with E-state index in [-0.39, 0.29) is 5.63 Å². The molecule has 0 unspecified atom stereocenters. The summed E-state index contributed by atoms with van der Waals surface area (Å²) in [6, 6.07) is 8.31. The molecule has 4 nitrogen and oxygen atoms in total. The van der Waals surface area contributed by atoms with Crippen LogP contribution < -0.4 is 11.4 Å². The van der Waals surface area contributed by atoms with Gasteiger partial charge in [-0.2, -0.15) is 0 Å². The number of anilines is 1. The monoisotopic (exact) mass is 235 g/mol. The predicted molar refractivity (Wildman–Crippen MR) is 69.1 cm³/mol. The Kier molecular flexibility index (Phi) is 5.23. The van der Waals surface area contributed by atoms with Crippen molar-refractivity contribution in [3.8, 4) is 0 Å². The highest BCUT2D eigenvalue weighted by atomic mass is 16.5. The number of ether oxygens (including phenoxy) is 1. The summed E-state index contributed by atoms with van der Waals surface area (Å²) in [4.78, 5) is 10.8. The second kappa shape index (κ2) is 6.70. The average molecular weight is 235 g/mol. The smallest absolute Gasteiger partial charge is 0.336 e. The molecule has 1 heterocycles. The van der Waals surface area contributed by atoms with E-state index >= 15 is 0 Å². The van der Waals surface area contributed by atoms with Crippen molar-refractivity contribution in [3.05, 3.63) is 40.8 Å². The molecule has 92 valence electrons. The van der Waals surface area contributed by atoms with E-state index in [2.05, 4.69) is 0 Å². The fourth-order valence-corrected chi connectivity index (χ4v) is 1.28. The maximum atomic E-state index is 10.8. The lowest BCUT2D eigenvalue weighted by Crippen LogP contribution is -1.94. The molecule has 0 radical (unpaired) electrons. The normalized spacial score (nSPS) is 9.76. The fourth-order valence-electron chi connectivity index (χ4n) is 1.28. The van der Waals surface area contributed by atoms with Crippen LogP contribution in [0.15, 0.2) is 39.5 Å². The molecule has 2 N–H and O–H groups in total. The number of fused-ring (bicyclic) bond motifs is 1. The van der Waals surface area contributed by atoms with Gasteiger partial charge in [0, 0.05) is 36.4 Å². The zero-order valence-electron chi connectivity index (χ0n) is 10.1. The molecule has 0 bridgehead atoms. The summed E-state index contributed by atoms with van der Waals surface area (Å²) in [6.07, 6.45) is 0. The predicted octanol–water partition coefficient (Wildman–Crippen LogP) is 2.42. The van der Waals surface area contributed by atoms with E-state index in [0.717, 1.165) is 18.6 Å². The second-order valence-electron chi connectivity index (χ2n) is 3.33. The van der Waals surface area contributed by atoms with Gasteiger partial charge in [-0.1, -0.05) is 0 Å². The topological polar surface area (TPSA) is 65.5 Å². The minimum atomic E-state index is -0.354. The number of hydrogen-bond donors (Lipinski definition) is 1. The molecule has 0 aliphatic heterocycles. The van der Waals surface area contributed by atoms with E-state index in [1.54, 1.807) is 18.2 Å². The molecule has 0 aliphatic carbocycles. The average Bonchev–Trinajstić information content (AvgIpc) is 2.30. The molecule has 4 heteroatoms. The molecule has 2 rings (SSSR count). The van der Waals surface area contributed by atoms with Gasteiger partial charge in [-0.15, -0.1) is 0 Å². The molecule has 0 aliphatic rings. The SMILES string of the molecule is CCOCC.Nc1ccc2ccc(=O)oc2c1. The highest BCUT2D eigenvalue weighted by Crippen LogP contribution is 2.14. The quantitative estimate of drug-likeness (QED) is 0.641. The Morgan fingerprint density at radius 3 is 2.41 bits per heavy atom. The Morgan fingerprint density at radius 1 is 1.18 bits per heavy atom. The zero-order chi connectivity index (χ0) is 12.7. The summed E-state index contributed by atoms with van der Waals surface area (Å²) in [7, 11) is 0. The number of benzene rings is 1. The molecule has 2 aromatic rings. The summed E-state index contributed by atoms with van der Waals surface area (Å²) in [6.45, 7) is 5.67. The van der Waals surface area contributed by atoms with Crippen LogP contribution in [0.2, 0.25) is 0 Å². The largest absolute Gasteiger partial charge is 0.423 e. The van der Waals surface area contributed by atoms with Crippen LogP contribution in [-0.2, 0) is 4.74 Å². The Morgan fingerprint density at radius 2 is 1.82 bits per heavy atom. The van der Waals surface area contributed by atoms with E-state index in [1.807, 2.05) is 19.9 Å². The van der Waals surface area contributed by atoms with Crippen LogP contribution in [-0.4, -0.2) is 13.2 Å². The van der Waals surface area contributed by atoms with Crippen LogP contribution in [0.5, 0.6) is 0 Å². The number of nitrogens with two attached hydrogens (primary N) is 1. The van der Waals surface area contributed by atoms with Gasteiger partial charge in [0.25, 0.3) is 0 Å². The van der Waals surface area contributed by atoms with Crippen molar-refractivity contribution >= 4 is 16.7 Å². The summed E-state index contributed by atoms with van der Waals surface area (Å²) in [5.74, 6) is 0. The van der Waals surface area contributed by atoms with Crippen LogP contribution in [0.25, 0.3) is 11.0 Å². The van der Waals surface area contributed by atoms with Crippen molar-refractivity contribution in [2.24, 2.45) is 0 Å². The van der Waals surface area contributed by atoms with Crippen LogP contribution in [0.3, 0.4) is 0 Å². The third kappa shape index (κ3) is 4.28. The van der Waals surface area contributed by atoms with Gasteiger partial charge in [0.05, 0.1) is 0 Å². The molecule has 1 aromatic heterocycles. The van der Waals surface area contributed by atoms with E-state index in [9.17, 15) is 4.79 Å². The first-order valence-electron chi connectivity index (χ1n) is 5.54. The molecule has 0 amide bonds. The third-order valence-electron chi connectivity index (χ3n) is 2.06. The van der Waals surface area contributed by atoms with Crippen molar-refractivity contribution in [3.63, 3.8) is 0 Å². The van der Waals surface area contributed by atoms with Crippen LogP contribution in [0, 0.1) is 0 Å². The van der Waals surface area contributed by atoms with Crippen LogP contribution >= 0.6 is 0 Å². The van der Waals surface area contributed by atoms with Gasteiger partial charge in [0.2, 0.25) is 0 Å². The molecular formula is C13H17NO3. The van der Waals surface area contributed by atoms with Crippen LogP contribution in [0.1, 0.15) is 13.8 Å². The Hall–Kier alpha value is -1.81. The van der Waals surface area contributed by atoms with Crippen molar-refractivity contribution in [1.82, 2.24) is 0 Å². The molecule has 1 aromatic carbocycles. The third-order valence-corrected chi connectivity index (χ3v) is 2.06. The fraction of sp³-hybridized carbons (Fsp3) is 0.308. The van der Waals surface area contributed by atoms with Gasteiger partial charge in [-0.3, -0.25) is 0 Å². The van der Waals surface area contributed by atoms with E-state index in [0.29, 0.717) is 11.3 Å². The van der Waals surface area contributed by atoms with Gasteiger partial charge in [-0.05, 0) is 32.0 Å².